The molecule has 7 nitrogen and oxygen atoms in total. The third-order valence-electron chi connectivity index (χ3n) is 7.24. The number of nitrogens with zero attached hydrogens (tertiary/aromatic N) is 3. The van der Waals surface area contributed by atoms with Gasteiger partial charge in [-0.1, -0.05) is 18.2 Å². The second-order valence-corrected chi connectivity index (χ2v) is 9.78. The highest BCUT2D eigenvalue weighted by Crippen LogP contribution is 2.32. The van der Waals surface area contributed by atoms with Gasteiger partial charge in [0.25, 0.3) is 0 Å². The maximum Gasteiger partial charge on any atom is 0.237 e. The van der Waals surface area contributed by atoms with Crippen LogP contribution in [0.15, 0.2) is 61.1 Å². The van der Waals surface area contributed by atoms with Crippen LogP contribution >= 0.6 is 0 Å². The van der Waals surface area contributed by atoms with Crippen molar-refractivity contribution in [2.24, 2.45) is 0 Å². The molecule has 36 heavy (non-hydrogen) atoms. The standard InChI is InChI=1S/C29H30N6O/c1-18-4-2-5-25(34-18)28-27(32-17-33-28)20-9-12-24-21(14-20)15-22(16-31-24)19-7-10-23(11-8-19)35-29(36)26-6-3-13-30-26/h2,4-5,7,9,12,14-17,23,26,30H,3,6,8,10-11,13H2,1H3,(H,32,33)(H,35,36)/t23-,26+/m0/s1. The first-order valence-electron chi connectivity index (χ1n) is 12.7. The summed E-state index contributed by atoms with van der Waals surface area (Å²) in [6, 6.07) is 14.7. The van der Waals surface area contributed by atoms with Gasteiger partial charge in [-0.3, -0.25) is 14.8 Å². The number of pyridine rings is 2. The molecule has 6 rings (SSSR count). The molecule has 0 spiro atoms. The van der Waals surface area contributed by atoms with Crippen molar-refractivity contribution in [1.29, 1.82) is 0 Å². The van der Waals surface area contributed by atoms with Crippen molar-refractivity contribution in [1.82, 2.24) is 30.6 Å². The van der Waals surface area contributed by atoms with Crippen molar-refractivity contribution < 1.29 is 4.79 Å². The van der Waals surface area contributed by atoms with Crippen LogP contribution in [0.2, 0.25) is 0 Å². The molecule has 4 heterocycles. The van der Waals surface area contributed by atoms with E-state index in [9.17, 15) is 4.79 Å². The van der Waals surface area contributed by atoms with Crippen LogP contribution in [0, 0.1) is 6.92 Å². The fourth-order valence-corrected chi connectivity index (χ4v) is 5.28. The highest BCUT2D eigenvalue weighted by molar-refractivity contribution is 5.89. The molecule has 2 aliphatic rings. The van der Waals surface area contributed by atoms with E-state index in [-0.39, 0.29) is 18.0 Å². The molecule has 1 fully saturated rings. The predicted molar refractivity (Wildman–Crippen MR) is 142 cm³/mol. The molecule has 0 radical (unpaired) electrons. The minimum absolute atomic E-state index is 0.0222. The number of allylic oxidation sites excluding steroid dienone is 1. The van der Waals surface area contributed by atoms with Crippen LogP contribution in [-0.4, -0.2) is 44.5 Å². The number of hydrogen-bond donors (Lipinski definition) is 3. The predicted octanol–water partition coefficient (Wildman–Crippen LogP) is 4.80. The number of amides is 1. The highest BCUT2D eigenvalue weighted by Gasteiger charge is 2.25. The van der Waals surface area contributed by atoms with Crippen molar-refractivity contribution in [3.8, 4) is 22.6 Å². The van der Waals surface area contributed by atoms with E-state index in [0.29, 0.717) is 0 Å². The van der Waals surface area contributed by atoms with E-state index < -0.39 is 0 Å². The number of rotatable bonds is 5. The molecule has 1 saturated heterocycles. The van der Waals surface area contributed by atoms with Gasteiger partial charge < -0.3 is 15.6 Å². The quantitative estimate of drug-likeness (QED) is 0.383. The van der Waals surface area contributed by atoms with Crippen molar-refractivity contribution in [2.75, 3.05) is 6.54 Å². The maximum absolute atomic E-state index is 12.5. The lowest BCUT2D eigenvalue weighted by molar-refractivity contribution is -0.123. The second-order valence-electron chi connectivity index (χ2n) is 9.78. The molecule has 3 N–H and O–H groups in total. The average molecular weight is 479 g/mol. The summed E-state index contributed by atoms with van der Waals surface area (Å²) in [5, 5.41) is 7.60. The fourth-order valence-electron chi connectivity index (χ4n) is 5.28. The second kappa shape index (κ2) is 9.66. The smallest absolute Gasteiger partial charge is 0.237 e. The first kappa shape index (κ1) is 22.6. The van der Waals surface area contributed by atoms with Crippen LogP contribution in [-0.2, 0) is 4.79 Å². The normalized spacial score (nSPS) is 19.9. The van der Waals surface area contributed by atoms with Crippen molar-refractivity contribution in [3.05, 3.63) is 72.3 Å². The minimum atomic E-state index is -0.0222. The number of imidazole rings is 1. The van der Waals surface area contributed by atoms with Crippen molar-refractivity contribution in [2.45, 2.75) is 51.1 Å². The molecule has 3 aromatic heterocycles. The number of fused-ring (bicyclic) bond motifs is 1. The van der Waals surface area contributed by atoms with Crippen LogP contribution in [0.3, 0.4) is 0 Å². The number of carbonyl (C=O) groups excluding carboxylic acids is 1. The Morgan fingerprint density at radius 2 is 2.00 bits per heavy atom. The molecule has 1 aromatic carbocycles. The zero-order valence-electron chi connectivity index (χ0n) is 20.4. The van der Waals surface area contributed by atoms with E-state index in [1.807, 2.05) is 31.3 Å². The molecule has 7 heteroatoms. The van der Waals surface area contributed by atoms with E-state index in [4.69, 9.17) is 4.98 Å². The Bertz CT molecular complexity index is 1450. The zero-order chi connectivity index (χ0) is 24.5. The van der Waals surface area contributed by atoms with Crippen molar-refractivity contribution in [3.63, 3.8) is 0 Å². The summed E-state index contributed by atoms with van der Waals surface area (Å²) in [4.78, 5) is 29.7. The van der Waals surface area contributed by atoms with Crippen LogP contribution in [0.5, 0.6) is 0 Å². The number of aromatic amines is 1. The van der Waals surface area contributed by atoms with Gasteiger partial charge in [0.1, 0.15) is 0 Å². The van der Waals surface area contributed by atoms with E-state index >= 15 is 0 Å². The fraction of sp³-hybridized carbons (Fsp3) is 0.310. The number of nitrogens with one attached hydrogen (secondary N) is 3. The molecule has 4 aromatic rings. The summed E-state index contributed by atoms with van der Waals surface area (Å²) in [6.07, 6.45) is 10.7. The van der Waals surface area contributed by atoms with Crippen LogP contribution < -0.4 is 10.6 Å². The van der Waals surface area contributed by atoms with E-state index in [1.54, 1.807) is 6.33 Å². The summed E-state index contributed by atoms with van der Waals surface area (Å²) >= 11 is 0. The van der Waals surface area contributed by atoms with Gasteiger partial charge in [0, 0.05) is 28.9 Å². The summed E-state index contributed by atoms with van der Waals surface area (Å²) in [6.45, 7) is 2.93. The van der Waals surface area contributed by atoms with E-state index in [1.165, 1.54) is 5.57 Å². The molecule has 0 bridgehead atoms. The molecule has 2 atom stereocenters. The number of aromatic nitrogens is 4. The Morgan fingerprint density at radius 1 is 1.08 bits per heavy atom. The van der Waals surface area contributed by atoms with Crippen molar-refractivity contribution >= 4 is 22.4 Å². The lowest BCUT2D eigenvalue weighted by Crippen LogP contribution is -2.45. The van der Waals surface area contributed by atoms with E-state index in [0.717, 1.165) is 83.5 Å². The van der Waals surface area contributed by atoms with Crippen LogP contribution in [0.4, 0.5) is 0 Å². The minimum Gasteiger partial charge on any atom is -0.352 e. The van der Waals surface area contributed by atoms with Gasteiger partial charge in [0.05, 0.1) is 35.0 Å². The monoisotopic (exact) mass is 478 g/mol. The average Bonchev–Trinajstić information content (AvgIpc) is 3.61. The Morgan fingerprint density at radius 3 is 2.81 bits per heavy atom. The summed E-state index contributed by atoms with van der Waals surface area (Å²) in [5.74, 6) is 0.146. The highest BCUT2D eigenvalue weighted by atomic mass is 16.2. The Hall–Kier alpha value is -3.84. The first-order valence-corrected chi connectivity index (χ1v) is 12.7. The van der Waals surface area contributed by atoms with Crippen LogP contribution in [0.1, 0.15) is 43.4 Å². The number of hydrogen-bond acceptors (Lipinski definition) is 5. The summed E-state index contributed by atoms with van der Waals surface area (Å²) < 4.78 is 0. The molecule has 1 aliphatic carbocycles. The number of benzene rings is 1. The molecular weight excluding hydrogens is 448 g/mol. The van der Waals surface area contributed by atoms with Gasteiger partial charge in [-0.2, -0.15) is 0 Å². The Labute approximate surface area is 210 Å². The van der Waals surface area contributed by atoms with Gasteiger partial charge in [-0.15, -0.1) is 0 Å². The largest absolute Gasteiger partial charge is 0.352 e. The van der Waals surface area contributed by atoms with Gasteiger partial charge in [-0.25, -0.2) is 4.98 Å². The Balaban J connectivity index is 1.23. The zero-order valence-corrected chi connectivity index (χ0v) is 20.4. The van der Waals surface area contributed by atoms with Gasteiger partial charge in [-0.05, 0) is 87.0 Å². The molecule has 1 aliphatic heterocycles. The third kappa shape index (κ3) is 4.54. The van der Waals surface area contributed by atoms with Gasteiger partial charge >= 0.3 is 0 Å². The first-order chi connectivity index (χ1) is 17.6. The molecule has 182 valence electrons. The summed E-state index contributed by atoms with van der Waals surface area (Å²) in [5.41, 5.74) is 8.07. The molecule has 1 amide bonds. The molecular formula is C29H30N6O. The summed E-state index contributed by atoms with van der Waals surface area (Å²) in [7, 11) is 0. The van der Waals surface area contributed by atoms with E-state index in [2.05, 4.69) is 55.9 Å². The third-order valence-corrected chi connectivity index (χ3v) is 7.24. The van der Waals surface area contributed by atoms with Crippen LogP contribution in [0.25, 0.3) is 39.1 Å². The van der Waals surface area contributed by atoms with Gasteiger partial charge in [0.15, 0.2) is 0 Å². The topological polar surface area (TPSA) is 95.6 Å². The molecule has 0 unspecified atom stereocenters. The molecule has 0 saturated carbocycles. The number of H-pyrrole nitrogens is 1. The Kier molecular flexibility index (Phi) is 6.07. The lowest BCUT2D eigenvalue weighted by Gasteiger charge is -2.24. The number of carbonyl (C=O) groups is 1. The number of aryl methyl sites for hydroxylation is 1. The maximum atomic E-state index is 12.5. The lowest BCUT2D eigenvalue weighted by atomic mass is 9.90. The SMILES string of the molecule is Cc1cccc(-c2[nH]cnc2-c2ccc3ncc(C4=CC[C@H](NC(=O)[C@H]5CCCN5)CC4)cc3c2)n1. The van der Waals surface area contributed by atoms with Gasteiger partial charge in [0.2, 0.25) is 5.91 Å².